The van der Waals surface area contributed by atoms with E-state index in [4.69, 9.17) is 11.5 Å². The molecule has 0 spiro atoms. The summed E-state index contributed by atoms with van der Waals surface area (Å²) in [5.41, 5.74) is 11.7. The van der Waals surface area contributed by atoms with Crippen LogP contribution in [0.5, 0.6) is 0 Å². The number of carbonyl (C=O) groups is 3. The van der Waals surface area contributed by atoms with Crippen molar-refractivity contribution in [1.82, 2.24) is 20.2 Å². The Hall–Kier alpha value is -2.53. The van der Waals surface area contributed by atoms with Gasteiger partial charge in [0.2, 0.25) is 5.91 Å². The van der Waals surface area contributed by atoms with Crippen LogP contribution in [0.2, 0.25) is 0 Å². The lowest BCUT2D eigenvalue weighted by Gasteiger charge is -2.53. The summed E-state index contributed by atoms with van der Waals surface area (Å²) in [6.45, 7) is 2.41. The van der Waals surface area contributed by atoms with Crippen LogP contribution in [0.25, 0.3) is 0 Å². The fourth-order valence-electron chi connectivity index (χ4n) is 3.84. The van der Waals surface area contributed by atoms with Crippen molar-refractivity contribution < 1.29 is 24.7 Å². The molecule has 4 heterocycles. The minimum Gasteiger partial charge on any atom is -0.480 e. The third-order valence-electron chi connectivity index (χ3n) is 5.62. The molecule has 0 saturated carbocycles. The quantitative estimate of drug-likeness (QED) is 0.0869. The first-order valence-corrected chi connectivity index (χ1v) is 14.9. The number of thioether (sulfide) groups is 3. The van der Waals surface area contributed by atoms with Crippen molar-refractivity contribution in [3.05, 3.63) is 34.6 Å². The second kappa shape index (κ2) is 11.5. The lowest BCUT2D eigenvalue weighted by molar-refractivity contribution is -0.151. The Morgan fingerprint density at radius 1 is 1.38 bits per heavy atom. The molecule has 0 radical (unpaired) electrons. The van der Waals surface area contributed by atoms with E-state index in [1.807, 2.05) is 6.92 Å². The topological polar surface area (TPSA) is 197 Å². The lowest BCUT2D eigenvalue weighted by Crippen LogP contribution is -2.74. The second-order valence-electron chi connectivity index (χ2n) is 8.22. The number of β-lactam (4-membered cyclic amide) rings is 1. The molecule has 2 fully saturated rings. The number of carboxylic acids is 1. The number of thiazole rings is 1. The first kappa shape index (κ1) is 27.5. The third-order valence-corrected chi connectivity index (χ3v) is 10.9. The highest BCUT2D eigenvalue weighted by atomic mass is 32.2. The Balaban J connectivity index is 1.45. The number of nitrogens with one attached hydrogen (secondary N) is 1. The minimum absolute atomic E-state index is 0.0140. The number of nitrogen functional groups attached to an aromatic ring is 1. The smallest absolute Gasteiger partial charge is 0.322 e. The van der Waals surface area contributed by atoms with Gasteiger partial charge in [-0.15, -0.1) is 23.1 Å². The van der Waals surface area contributed by atoms with Crippen LogP contribution in [0.1, 0.15) is 16.4 Å². The number of nitrogens with two attached hydrogens (primary N) is 2. The summed E-state index contributed by atoms with van der Waals surface area (Å²) in [4.78, 5) is 48.2. The van der Waals surface area contributed by atoms with E-state index < -0.39 is 33.9 Å². The van der Waals surface area contributed by atoms with Gasteiger partial charge >= 0.3 is 5.97 Å². The van der Waals surface area contributed by atoms with Crippen molar-refractivity contribution >= 4 is 75.9 Å². The van der Waals surface area contributed by atoms with Crippen LogP contribution in [0, 0.1) is 6.92 Å². The fraction of sp³-hybridized carbons (Fsp3) is 0.429. The summed E-state index contributed by atoms with van der Waals surface area (Å²) in [6, 6.07) is 3.64. The molecule has 0 bridgehead atoms. The van der Waals surface area contributed by atoms with Crippen LogP contribution in [0.4, 0.5) is 5.82 Å². The number of anilines is 1. The normalized spacial score (nSPS) is 23.4. The van der Waals surface area contributed by atoms with Gasteiger partial charge in [0, 0.05) is 30.3 Å². The highest BCUT2D eigenvalue weighted by molar-refractivity contribution is 8.06. The number of aliphatic carboxylic acids is 1. The van der Waals surface area contributed by atoms with E-state index in [1.54, 1.807) is 17.8 Å². The number of hydrogen-bond donors (Lipinski definition) is 5. The van der Waals surface area contributed by atoms with E-state index >= 15 is 0 Å². The summed E-state index contributed by atoms with van der Waals surface area (Å²) in [7, 11) is 0. The van der Waals surface area contributed by atoms with E-state index in [1.165, 1.54) is 51.9 Å². The molecule has 2 amide bonds. The zero-order valence-electron chi connectivity index (χ0n) is 19.6. The zero-order chi connectivity index (χ0) is 26.7. The number of pyridine rings is 1. The lowest BCUT2D eigenvalue weighted by atomic mass is 10.0. The average molecular weight is 584 g/mol. The van der Waals surface area contributed by atoms with E-state index in [-0.39, 0.29) is 29.5 Å². The number of oxime groups is 1. The van der Waals surface area contributed by atoms with Crippen molar-refractivity contribution in [2.45, 2.75) is 33.0 Å². The number of rotatable bonds is 10. The molecular weight excluding hydrogens is 559 g/mol. The number of aromatic nitrogens is 2. The molecule has 1 unspecified atom stereocenters. The SMILES string of the molecule is Cc1nc(CSCCN)c(SC2(C(=O)O)CS[C@@H]3[C@H](NC(=O)C(=NO)c4cccc(N)n4)C(=O)N3C2)s1. The van der Waals surface area contributed by atoms with Crippen molar-refractivity contribution in [2.75, 3.05) is 30.3 Å². The maximum absolute atomic E-state index is 13.0. The van der Waals surface area contributed by atoms with Crippen LogP contribution in [-0.4, -0.2) is 89.4 Å². The van der Waals surface area contributed by atoms with Gasteiger partial charge < -0.3 is 32.0 Å². The monoisotopic (exact) mass is 583 g/mol. The Morgan fingerprint density at radius 3 is 2.84 bits per heavy atom. The molecule has 2 aromatic rings. The molecule has 4 rings (SSSR count). The van der Waals surface area contributed by atoms with E-state index in [2.05, 4.69) is 20.4 Å². The second-order valence-corrected chi connectivity index (χ2v) is 13.3. The van der Waals surface area contributed by atoms with Crippen LogP contribution < -0.4 is 16.8 Å². The van der Waals surface area contributed by atoms with Gasteiger partial charge in [-0.3, -0.25) is 14.4 Å². The number of aryl methyl sites for hydroxylation is 1. The molecule has 16 heteroatoms. The summed E-state index contributed by atoms with van der Waals surface area (Å²) in [5, 5.41) is 25.6. The van der Waals surface area contributed by atoms with Crippen LogP contribution in [-0.2, 0) is 20.1 Å². The number of carbonyl (C=O) groups excluding carboxylic acids is 2. The van der Waals surface area contributed by atoms with Crippen molar-refractivity contribution in [1.29, 1.82) is 0 Å². The van der Waals surface area contributed by atoms with E-state index in [0.29, 0.717) is 12.3 Å². The van der Waals surface area contributed by atoms with E-state index in [9.17, 15) is 24.7 Å². The van der Waals surface area contributed by atoms with Gasteiger partial charge in [-0.2, -0.15) is 11.8 Å². The van der Waals surface area contributed by atoms with Crippen molar-refractivity contribution in [3.8, 4) is 0 Å². The van der Waals surface area contributed by atoms with E-state index in [0.717, 1.165) is 20.7 Å². The van der Waals surface area contributed by atoms with Gasteiger partial charge in [0.05, 0.1) is 14.9 Å². The summed E-state index contributed by atoms with van der Waals surface area (Å²) in [6.07, 6.45) is 0. The Bertz CT molecular complexity index is 1240. The molecular formula is C21H25N7O5S4. The predicted octanol–water partition coefficient (Wildman–Crippen LogP) is 0.815. The largest absolute Gasteiger partial charge is 0.480 e. The third kappa shape index (κ3) is 5.67. The summed E-state index contributed by atoms with van der Waals surface area (Å²) >= 11 is 5.59. The first-order chi connectivity index (χ1) is 17.7. The maximum atomic E-state index is 13.0. The Kier molecular flexibility index (Phi) is 8.52. The Labute approximate surface area is 229 Å². The summed E-state index contributed by atoms with van der Waals surface area (Å²) in [5.74, 6) is -0.454. The van der Waals surface area contributed by atoms with Crippen LogP contribution >= 0.6 is 46.6 Å². The molecule has 2 aliphatic rings. The Morgan fingerprint density at radius 2 is 2.16 bits per heavy atom. The molecule has 198 valence electrons. The molecule has 3 atom stereocenters. The molecule has 12 nitrogen and oxygen atoms in total. The number of fused-ring (bicyclic) bond motifs is 1. The molecule has 2 aromatic heterocycles. The molecule has 37 heavy (non-hydrogen) atoms. The van der Waals surface area contributed by atoms with Gasteiger partial charge in [-0.05, 0) is 19.1 Å². The fourth-order valence-corrected chi connectivity index (χ4v) is 9.12. The van der Waals surface area contributed by atoms with Crippen LogP contribution in [0.3, 0.4) is 0 Å². The molecule has 0 aromatic carbocycles. The van der Waals surface area contributed by atoms with Gasteiger partial charge in [0.15, 0.2) is 5.71 Å². The van der Waals surface area contributed by atoms with Crippen LogP contribution in [0.15, 0.2) is 27.6 Å². The maximum Gasteiger partial charge on any atom is 0.322 e. The average Bonchev–Trinajstić information content (AvgIpc) is 3.21. The number of nitrogens with zero attached hydrogens (tertiary/aromatic N) is 4. The zero-order valence-corrected chi connectivity index (χ0v) is 22.9. The predicted molar refractivity (Wildman–Crippen MR) is 145 cm³/mol. The van der Waals surface area contributed by atoms with Gasteiger partial charge in [0.25, 0.3) is 5.91 Å². The first-order valence-electron chi connectivity index (χ1n) is 11.0. The van der Waals surface area contributed by atoms with Gasteiger partial charge in [-0.25, -0.2) is 9.97 Å². The highest BCUT2D eigenvalue weighted by Gasteiger charge is 2.58. The van der Waals surface area contributed by atoms with Crippen molar-refractivity contribution in [2.24, 2.45) is 10.9 Å². The number of carboxylic acid groups (broad SMARTS) is 1. The van der Waals surface area contributed by atoms with Crippen molar-refractivity contribution in [3.63, 3.8) is 0 Å². The van der Waals surface area contributed by atoms with Gasteiger partial charge in [-0.1, -0.05) is 23.0 Å². The number of hydrogen-bond acceptors (Lipinski definition) is 13. The number of amides is 2. The summed E-state index contributed by atoms with van der Waals surface area (Å²) < 4.78 is -0.443. The minimum atomic E-state index is -1.26. The molecule has 2 aliphatic heterocycles. The highest BCUT2D eigenvalue weighted by Crippen LogP contribution is 2.48. The molecule has 0 aliphatic carbocycles. The molecule has 7 N–H and O–H groups in total. The molecule has 2 saturated heterocycles. The van der Waals surface area contributed by atoms with Gasteiger partial charge in [0.1, 0.15) is 27.7 Å². The standard InChI is InChI=1S/C21H25N7O5S4/c1-10-24-12(7-34-6-5-22)19(36-10)37-21(20(31)32)8-28-17(30)15(18(28)35-9-21)26-16(29)14(27-33)11-3-2-4-13(23)25-11/h2-4,15,18,33H,5-9,22H2,1H3,(H2,23,25)(H,26,29)(H,31,32)/t15-,18-,21?/m1/s1.